The first kappa shape index (κ1) is 12.6. The van der Waals surface area contributed by atoms with Gasteiger partial charge in [-0.2, -0.15) is 0 Å². The van der Waals surface area contributed by atoms with Crippen LogP contribution >= 0.6 is 0 Å². The van der Waals surface area contributed by atoms with Gasteiger partial charge < -0.3 is 20.7 Å². The summed E-state index contributed by atoms with van der Waals surface area (Å²) in [6.07, 6.45) is 2.12. The minimum Gasteiger partial charge on any atom is -0.379 e. The van der Waals surface area contributed by atoms with Gasteiger partial charge in [0.15, 0.2) is 0 Å². The molecule has 2 heterocycles. The highest BCUT2D eigenvalue weighted by Gasteiger charge is 2.22. The fourth-order valence-electron chi connectivity index (χ4n) is 2.44. The van der Waals surface area contributed by atoms with Crippen LogP contribution in [0, 0.1) is 11.8 Å². The van der Waals surface area contributed by atoms with E-state index in [1.54, 1.807) is 0 Å². The lowest BCUT2D eigenvalue weighted by molar-refractivity contribution is 0.187. The van der Waals surface area contributed by atoms with Crippen LogP contribution in [0.1, 0.15) is 19.8 Å². The molecule has 5 nitrogen and oxygen atoms in total. The Bertz CT molecular complexity index is 254. The molecule has 0 saturated carbocycles. The van der Waals surface area contributed by atoms with Crippen LogP contribution in [0.15, 0.2) is 0 Å². The Morgan fingerprint density at radius 3 is 3.06 bits per heavy atom. The number of urea groups is 1. The standard InChI is InChI=1S/C12H23N3O2/c1-9-2-4-13-6-10(9)7-14-12(16)15-11-3-5-17-8-11/h9-11,13H,2-8H2,1H3,(H2,14,15,16). The van der Waals surface area contributed by atoms with Crippen molar-refractivity contribution in [3.63, 3.8) is 0 Å². The Kier molecular flexibility index (Phi) is 4.62. The van der Waals surface area contributed by atoms with Crippen molar-refractivity contribution in [3.05, 3.63) is 0 Å². The van der Waals surface area contributed by atoms with Gasteiger partial charge in [-0.25, -0.2) is 4.79 Å². The van der Waals surface area contributed by atoms with Crippen molar-refractivity contribution in [2.45, 2.75) is 25.8 Å². The Hall–Kier alpha value is -0.810. The summed E-state index contributed by atoms with van der Waals surface area (Å²) in [7, 11) is 0. The third kappa shape index (κ3) is 3.85. The first-order chi connectivity index (χ1) is 8.25. The maximum atomic E-state index is 11.7. The molecule has 3 N–H and O–H groups in total. The zero-order chi connectivity index (χ0) is 12.1. The molecule has 0 spiro atoms. The van der Waals surface area contributed by atoms with Gasteiger partial charge in [0.1, 0.15) is 0 Å². The molecule has 0 aliphatic carbocycles. The Morgan fingerprint density at radius 1 is 1.47 bits per heavy atom. The number of piperidine rings is 1. The van der Waals surface area contributed by atoms with Crippen molar-refractivity contribution in [2.24, 2.45) is 11.8 Å². The highest BCUT2D eigenvalue weighted by molar-refractivity contribution is 5.74. The van der Waals surface area contributed by atoms with Crippen LogP contribution in [0.5, 0.6) is 0 Å². The van der Waals surface area contributed by atoms with E-state index < -0.39 is 0 Å². The fraction of sp³-hybridized carbons (Fsp3) is 0.917. The summed E-state index contributed by atoms with van der Waals surface area (Å²) in [5.41, 5.74) is 0. The molecular formula is C12H23N3O2. The minimum absolute atomic E-state index is 0.0572. The zero-order valence-corrected chi connectivity index (χ0v) is 10.5. The van der Waals surface area contributed by atoms with Crippen molar-refractivity contribution in [2.75, 3.05) is 32.8 Å². The normalized spacial score (nSPS) is 33.4. The number of amides is 2. The van der Waals surface area contributed by atoms with Gasteiger partial charge in [0.05, 0.1) is 12.6 Å². The van der Waals surface area contributed by atoms with E-state index in [0.29, 0.717) is 18.4 Å². The Balaban J connectivity index is 1.64. The smallest absolute Gasteiger partial charge is 0.315 e. The summed E-state index contributed by atoms with van der Waals surface area (Å²) in [6, 6.07) is 0.134. The van der Waals surface area contributed by atoms with E-state index >= 15 is 0 Å². The van der Waals surface area contributed by atoms with E-state index in [9.17, 15) is 4.79 Å². The van der Waals surface area contributed by atoms with Crippen molar-refractivity contribution < 1.29 is 9.53 Å². The number of carbonyl (C=O) groups is 1. The number of nitrogens with one attached hydrogen (secondary N) is 3. The quantitative estimate of drug-likeness (QED) is 0.667. The summed E-state index contributed by atoms with van der Waals surface area (Å²) in [5.74, 6) is 1.24. The van der Waals surface area contributed by atoms with Gasteiger partial charge in [0.25, 0.3) is 0 Å². The van der Waals surface area contributed by atoms with Crippen LogP contribution in [0.25, 0.3) is 0 Å². The monoisotopic (exact) mass is 241 g/mol. The number of hydrogen-bond acceptors (Lipinski definition) is 3. The molecule has 2 rings (SSSR count). The van der Waals surface area contributed by atoms with Crippen molar-refractivity contribution in [1.29, 1.82) is 0 Å². The second kappa shape index (κ2) is 6.21. The maximum Gasteiger partial charge on any atom is 0.315 e. The molecule has 0 radical (unpaired) electrons. The van der Waals surface area contributed by atoms with Crippen LogP contribution < -0.4 is 16.0 Å². The van der Waals surface area contributed by atoms with Crippen LogP contribution in [-0.2, 0) is 4.74 Å². The van der Waals surface area contributed by atoms with Crippen molar-refractivity contribution in [1.82, 2.24) is 16.0 Å². The van der Waals surface area contributed by atoms with E-state index in [0.717, 1.165) is 32.7 Å². The van der Waals surface area contributed by atoms with Gasteiger partial charge in [-0.1, -0.05) is 6.92 Å². The highest BCUT2D eigenvalue weighted by Crippen LogP contribution is 2.17. The SMILES string of the molecule is CC1CCNCC1CNC(=O)NC1CCOC1. The van der Waals surface area contributed by atoms with Crippen LogP contribution in [0.3, 0.4) is 0 Å². The number of carbonyl (C=O) groups excluding carboxylic acids is 1. The topological polar surface area (TPSA) is 62.4 Å². The Labute approximate surface area is 103 Å². The zero-order valence-electron chi connectivity index (χ0n) is 10.5. The van der Waals surface area contributed by atoms with Gasteiger partial charge in [-0.15, -0.1) is 0 Å². The molecule has 98 valence electrons. The second-order valence-corrected chi connectivity index (χ2v) is 5.15. The van der Waals surface area contributed by atoms with E-state index in [4.69, 9.17) is 4.74 Å². The van der Waals surface area contributed by atoms with E-state index in [1.165, 1.54) is 6.42 Å². The first-order valence-electron chi connectivity index (χ1n) is 6.58. The molecule has 0 aromatic rings. The summed E-state index contributed by atoms with van der Waals surface area (Å²) >= 11 is 0. The van der Waals surface area contributed by atoms with Crippen LogP contribution in [0.2, 0.25) is 0 Å². The molecule has 3 unspecified atom stereocenters. The third-order valence-electron chi connectivity index (χ3n) is 3.78. The predicted molar refractivity (Wildman–Crippen MR) is 65.9 cm³/mol. The molecule has 2 amide bonds. The molecule has 2 aliphatic heterocycles. The van der Waals surface area contributed by atoms with Crippen LogP contribution in [-0.4, -0.2) is 44.9 Å². The van der Waals surface area contributed by atoms with Crippen LogP contribution in [0.4, 0.5) is 4.79 Å². The summed E-state index contributed by atoms with van der Waals surface area (Å²) in [4.78, 5) is 11.7. The van der Waals surface area contributed by atoms with Crippen molar-refractivity contribution in [3.8, 4) is 0 Å². The molecule has 2 saturated heterocycles. The molecule has 0 aromatic carbocycles. The van der Waals surface area contributed by atoms with Gasteiger partial charge in [-0.3, -0.25) is 0 Å². The average Bonchev–Trinajstić information content (AvgIpc) is 2.81. The highest BCUT2D eigenvalue weighted by atomic mass is 16.5. The molecule has 0 aromatic heterocycles. The first-order valence-corrected chi connectivity index (χ1v) is 6.58. The molecule has 2 fully saturated rings. The van der Waals surface area contributed by atoms with Gasteiger partial charge in [0, 0.05) is 13.2 Å². The average molecular weight is 241 g/mol. The maximum absolute atomic E-state index is 11.7. The molecule has 3 atom stereocenters. The van der Waals surface area contributed by atoms with E-state index in [2.05, 4.69) is 22.9 Å². The summed E-state index contributed by atoms with van der Waals surface area (Å²) in [5, 5.41) is 9.27. The molecule has 5 heteroatoms. The second-order valence-electron chi connectivity index (χ2n) is 5.15. The summed E-state index contributed by atoms with van der Waals surface area (Å²) in [6.45, 7) is 6.53. The van der Waals surface area contributed by atoms with Gasteiger partial charge in [0.2, 0.25) is 0 Å². The van der Waals surface area contributed by atoms with Gasteiger partial charge >= 0.3 is 6.03 Å². The predicted octanol–water partition coefficient (Wildman–Crippen LogP) is 0.320. The molecule has 2 aliphatic rings. The molecule has 17 heavy (non-hydrogen) atoms. The Morgan fingerprint density at radius 2 is 2.35 bits per heavy atom. The lowest BCUT2D eigenvalue weighted by Gasteiger charge is -2.29. The van der Waals surface area contributed by atoms with E-state index in [-0.39, 0.29) is 12.1 Å². The lowest BCUT2D eigenvalue weighted by atomic mass is 9.88. The fourth-order valence-corrected chi connectivity index (χ4v) is 2.44. The lowest BCUT2D eigenvalue weighted by Crippen LogP contribution is -2.47. The van der Waals surface area contributed by atoms with Crippen molar-refractivity contribution >= 4 is 6.03 Å². The number of rotatable bonds is 3. The number of ether oxygens (including phenoxy) is 1. The third-order valence-corrected chi connectivity index (χ3v) is 3.78. The largest absolute Gasteiger partial charge is 0.379 e. The summed E-state index contributed by atoms with van der Waals surface area (Å²) < 4.78 is 5.22. The minimum atomic E-state index is -0.0572. The number of hydrogen-bond donors (Lipinski definition) is 3. The van der Waals surface area contributed by atoms with E-state index in [1.807, 2.05) is 0 Å². The molecular weight excluding hydrogens is 218 g/mol. The van der Waals surface area contributed by atoms with Gasteiger partial charge in [-0.05, 0) is 37.8 Å². The molecule has 0 bridgehead atoms.